The number of carboxylic acid groups (broad SMARTS) is 1. The Hall–Kier alpha value is -1.89. The quantitative estimate of drug-likeness (QED) is 0.666. The highest BCUT2D eigenvalue weighted by Gasteiger charge is 2.48. The number of oxazole rings is 1. The summed E-state index contributed by atoms with van der Waals surface area (Å²) in [6, 6.07) is 0. The summed E-state index contributed by atoms with van der Waals surface area (Å²) in [5.74, 6) is -1.13. The molecule has 1 N–H and O–H groups in total. The van der Waals surface area contributed by atoms with Crippen molar-refractivity contribution in [3.63, 3.8) is 0 Å². The summed E-state index contributed by atoms with van der Waals surface area (Å²) < 4.78 is 4.98. The van der Waals surface area contributed by atoms with Gasteiger partial charge in [0, 0.05) is 32.7 Å². The van der Waals surface area contributed by atoms with Gasteiger partial charge in [0.1, 0.15) is 11.7 Å². The van der Waals surface area contributed by atoms with Crippen LogP contribution in [0.1, 0.15) is 44.2 Å². The molecule has 7 nitrogen and oxygen atoms in total. The van der Waals surface area contributed by atoms with Gasteiger partial charge in [-0.15, -0.1) is 0 Å². The minimum atomic E-state index is -1.20. The number of aliphatic carboxylic acids is 1. The second kappa shape index (κ2) is 7.34. The van der Waals surface area contributed by atoms with Gasteiger partial charge in [-0.25, -0.2) is 4.98 Å². The first-order valence-electron chi connectivity index (χ1n) is 8.74. The third kappa shape index (κ3) is 3.45. The van der Waals surface area contributed by atoms with Crippen LogP contribution in [0.25, 0.3) is 0 Å². The number of carbonyl (C=O) groups is 2. The van der Waals surface area contributed by atoms with Gasteiger partial charge >= 0.3 is 5.97 Å². The van der Waals surface area contributed by atoms with E-state index in [1.165, 1.54) is 6.39 Å². The molecule has 1 amide bonds. The molecular weight excluding hydrogens is 310 g/mol. The minimum absolute atomic E-state index is 0.182. The van der Waals surface area contributed by atoms with Crippen molar-refractivity contribution in [2.75, 3.05) is 26.2 Å². The molecule has 0 aromatic carbocycles. The second-order valence-electron chi connectivity index (χ2n) is 6.85. The number of carboxylic acids is 1. The predicted molar refractivity (Wildman–Crippen MR) is 86.1 cm³/mol. The summed E-state index contributed by atoms with van der Waals surface area (Å²) in [5, 5.41) is 9.76. The Balaban J connectivity index is 1.61. The lowest BCUT2D eigenvalue weighted by Crippen LogP contribution is -2.55. The fourth-order valence-electron chi connectivity index (χ4n) is 3.81. The fourth-order valence-corrected chi connectivity index (χ4v) is 3.81. The van der Waals surface area contributed by atoms with Crippen molar-refractivity contribution in [3.8, 4) is 0 Å². The molecular formula is C17H25N3O4. The van der Waals surface area contributed by atoms with Crippen LogP contribution in [0.4, 0.5) is 0 Å². The molecule has 0 bridgehead atoms. The summed E-state index contributed by atoms with van der Waals surface area (Å²) in [4.78, 5) is 33.0. The Kier molecular flexibility index (Phi) is 5.18. The molecule has 0 unspecified atom stereocenters. The van der Waals surface area contributed by atoms with Crippen molar-refractivity contribution in [2.24, 2.45) is 5.41 Å². The van der Waals surface area contributed by atoms with E-state index in [-0.39, 0.29) is 5.91 Å². The topological polar surface area (TPSA) is 86.9 Å². The monoisotopic (exact) mass is 335 g/mol. The third-order valence-electron chi connectivity index (χ3n) is 5.30. The standard InChI is InChI=1S/C17H25N3O4/c21-15(17(16(22)23)5-3-1-2-4-6-17)20-9-7-19(8-10-20)11-14-12-24-13-18-14/h12-13H,1-11H2,(H,22,23). The number of rotatable bonds is 4. The van der Waals surface area contributed by atoms with Crippen LogP contribution < -0.4 is 0 Å². The fraction of sp³-hybridized carbons (Fsp3) is 0.706. The molecule has 3 rings (SSSR count). The van der Waals surface area contributed by atoms with Gasteiger partial charge in [0.2, 0.25) is 5.91 Å². The van der Waals surface area contributed by atoms with Gasteiger partial charge in [-0.3, -0.25) is 14.5 Å². The lowest BCUT2D eigenvalue weighted by molar-refractivity contribution is -0.163. The van der Waals surface area contributed by atoms with Crippen molar-refractivity contribution >= 4 is 11.9 Å². The van der Waals surface area contributed by atoms with E-state index < -0.39 is 11.4 Å². The summed E-state index contributed by atoms with van der Waals surface area (Å²) in [7, 11) is 0. The van der Waals surface area contributed by atoms with Crippen LogP contribution >= 0.6 is 0 Å². The van der Waals surface area contributed by atoms with Gasteiger partial charge in [0.05, 0.1) is 5.69 Å². The van der Waals surface area contributed by atoms with Crippen LogP contribution in [0.3, 0.4) is 0 Å². The first kappa shape index (κ1) is 17.0. The Morgan fingerprint density at radius 2 is 1.79 bits per heavy atom. The van der Waals surface area contributed by atoms with E-state index >= 15 is 0 Å². The summed E-state index contributed by atoms with van der Waals surface area (Å²) in [6.45, 7) is 3.31. The van der Waals surface area contributed by atoms with Crippen LogP contribution in [0.15, 0.2) is 17.1 Å². The van der Waals surface area contributed by atoms with Gasteiger partial charge < -0.3 is 14.4 Å². The predicted octanol–water partition coefficient (Wildman–Crippen LogP) is 1.74. The van der Waals surface area contributed by atoms with E-state index in [4.69, 9.17) is 4.42 Å². The zero-order valence-electron chi connectivity index (χ0n) is 13.9. The molecule has 1 saturated heterocycles. The van der Waals surface area contributed by atoms with E-state index in [0.717, 1.165) is 44.5 Å². The SMILES string of the molecule is O=C(O)C1(C(=O)N2CCN(Cc3cocn3)CC2)CCCCCC1. The van der Waals surface area contributed by atoms with E-state index in [2.05, 4.69) is 9.88 Å². The van der Waals surface area contributed by atoms with E-state index in [0.29, 0.717) is 32.5 Å². The van der Waals surface area contributed by atoms with Crippen molar-refractivity contribution in [2.45, 2.75) is 45.1 Å². The van der Waals surface area contributed by atoms with Crippen LogP contribution in [0, 0.1) is 5.41 Å². The maximum atomic E-state index is 13.0. The van der Waals surface area contributed by atoms with Gasteiger partial charge in [0.15, 0.2) is 6.39 Å². The summed E-state index contributed by atoms with van der Waals surface area (Å²) >= 11 is 0. The molecule has 2 fully saturated rings. The zero-order chi connectivity index (χ0) is 17.0. The van der Waals surface area contributed by atoms with Crippen molar-refractivity contribution in [1.29, 1.82) is 0 Å². The van der Waals surface area contributed by atoms with Gasteiger partial charge in [-0.1, -0.05) is 25.7 Å². The molecule has 1 aliphatic carbocycles. The van der Waals surface area contributed by atoms with Crippen molar-refractivity contribution in [3.05, 3.63) is 18.4 Å². The Morgan fingerprint density at radius 1 is 1.12 bits per heavy atom. The molecule has 1 saturated carbocycles. The Labute approximate surface area is 141 Å². The molecule has 1 aromatic rings. The summed E-state index contributed by atoms with van der Waals surface area (Å²) in [6.07, 6.45) is 7.68. The molecule has 1 aromatic heterocycles. The maximum Gasteiger partial charge on any atom is 0.319 e. The molecule has 7 heteroatoms. The smallest absolute Gasteiger partial charge is 0.319 e. The molecule has 0 atom stereocenters. The van der Waals surface area contributed by atoms with E-state index in [1.54, 1.807) is 11.2 Å². The average molecular weight is 335 g/mol. The van der Waals surface area contributed by atoms with Gasteiger partial charge in [-0.2, -0.15) is 0 Å². The number of nitrogens with zero attached hydrogens (tertiary/aromatic N) is 3. The number of hydrogen-bond donors (Lipinski definition) is 1. The minimum Gasteiger partial charge on any atom is -0.480 e. The van der Waals surface area contributed by atoms with Crippen LogP contribution in [-0.2, 0) is 16.1 Å². The van der Waals surface area contributed by atoms with Crippen LogP contribution in [-0.4, -0.2) is 57.9 Å². The molecule has 132 valence electrons. The normalized spacial score (nSPS) is 22.1. The number of aromatic nitrogens is 1. The first-order chi connectivity index (χ1) is 11.6. The number of carbonyl (C=O) groups excluding carboxylic acids is 1. The highest BCUT2D eigenvalue weighted by molar-refractivity contribution is 6.02. The first-order valence-corrected chi connectivity index (χ1v) is 8.74. The Bertz CT molecular complexity index is 556. The number of amides is 1. The maximum absolute atomic E-state index is 13.0. The third-order valence-corrected chi connectivity index (χ3v) is 5.30. The molecule has 2 heterocycles. The van der Waals surface area contributed by atoms with E-state index in [9.17, 15) is 14.7 Å². The number of hydrogen-bond acceptors (Lipinski definition) is 5. The highest BCUT2D eigenvalue weighted by Crippen LogP contribution is 2.37. The molecule has 0 radical (unpaired) electrons. The molecule has 24 heavy (non-hydrogen) atoms. The van der Waals surface area contributed by atoms with Crippen LogP contribution in [0.5, 0.6) is 0 Å². The van der Waals surface area contributed by atoms with E-state index in [1.807, 2.05) is 0 Å². The lowest BCUT2D eigenvalue weighted by Gasteiger charge is -2.39. The Morgan fingerprint density at radius 3 is 2.33 bits per heavy atom. The van der Waals surface area contributed by atoms with Crippen molar-refractivity contribution in [1.82, 2.24) is 14.8 Å². The zero-order valence-corrected chi connectivity index (χ0v) is 13.9. The lowest BCUT2D eigenvalue weighted by atomic mass is 9.79. The number of piperazine rings is 1. The van der Waals surface area contributed by atoms with Crippen molar-refractivity contribution < 1.29 is 19.1 Å². The van der Waals surface area contributed by atoms with Gasteiger partial charge in [0.25, 0.3) is 0 Å². The largest absolute Gasteiger partial charge is 0.480 e. The average Bonchev–Trinajstić information content (AvgIpc) is 2.96. The highest BCUT2D eigenvalue weighted by atomic mass is 16.4. The molecule has 2 aliphatic rings. The summed E-state index contributed by atoms with van der Waals surface area (Å²) in [5.41, 5.74) is -0.328. The molecule has 1 aliphatic heterocycles. The van der Waals surface area contributed by atoms with Crippen LogP contribution in [0.2, 0.25) is 0 Å². The van der Waals surface area contributed by atoms with Gasteiger partial charge in [-0.05, 0) is 12.8 Å². The molecule has 0 spiro atoms. The second-order valence-corrected chi connectivity index (χ2v) is 6.85.